The van der Waals surface area contributed by atoms with Crippen LogP contribution in [0.2, 0.25) is 5.04 Å². The summed E-state index contributed by atoms with van der Waals surface area (Å²) in [5, 5.41) is 2.96. The third-order valence-electron chi connectivity index (χ3n) is 5.77. The molecule has 2 aromatic carbocycles. The summed E-state index contributed by atoms with van der Waals surface area (Å²) in [6.07, 6.45) is 14.5. The first-order chi connectivity index (χ1) is 13.4. The Kier molecular flexibility index (Phi) is 6.42. The van der Waals surface area contributed by atoms with Crippen molar-refractivity contribution in [3.8, 4) is 0 Å². The van der Waals surface area contributed by atoms with Gasteiger partial charge in [-0.3, -0.25) is 0 Å². The molecule has 0 fully saturated rings. The van der Waals surface area contributed by atoms with Crippen LogP contribution in [0.3, 0.4) is 0 Å². The summed E-state index contributed by atoms with van der Waals surface area (Å²) >= 11 is 0. The largest absolute Gasteiger partial charge is 0.325 e. The van der Waals surface area contributed by atoms with Gasteiger partial charge in [0.1, 0.15) is 0 Å². The molecular weight excluding hydrogens is 354 g/mol. The van der Waals surface area contributed by atoms with Crippen LogP contribution >= 0.6 is 0 Å². The third kappa shape index (κ3) is 4.08. The lowest BCUT2D eigenvalue weighted by atomic mass is 10.0. The molecule has 1 aliphatic carbocycles. The second-order valence-electron chi connectivity index (χ2n) is 9.07. The van der Waals surface area contributed by atoms with Crippen LogP contribution in [0, 0.1) is 0 Å². The molecule has 0 spiro atoms. The zero-order chi connectivity index (χ0) is 20.1. The van der Waals surface area contributed by atoms with E-state index in [2.05, 4.69) is 118 Å². The maximum atomic E-state index is 4.25. The van der Waals surface area contributed by atoms with Crippen LogP contribution in [0.15, 0.2) is 85.0 Å². The maximum absolute atomic E-state index is 4.25. The Hall–Kier alpha value is -1.90. The zero-order valence-corrected chi connectivity index (χ0v) is 18.9. The van der Waals surface area contributed by atoms with Gasteiger partial charge in [-0.05, 0) is 37.6 Å². The lowest BCUT2D eigenvalue weighted by Crippen LogP contribution is -2.77. The Labute approximate surface area is 172 Å². The highest BCUT2D eigenvalue weighted by Crippen LogP contribution is 2.47. The Morgan fingerprint density at radius 2 is 1.29 bits per heavy atom. The SMILES string of the molecule is CCCCCC1([Si](NC(C)(C)C)(c2ccccc2)c2ccccc2)C=CC=C1. The van der Waals surface area contributed by atoms with E-state index in [1.165, 1.54) is 36.1 Å². The van der Waals surface area contributed by atoms with Crippen LogP contribution in [-0.2, 0) is 0 Å². The number of nitrogens with one attached hydrogen (secondary N) is 1. The molecule has 148 valence electrons. The van der Waals surface area contributed by atoms with Crippen LogP contribution in [0.25, 0.3) is 0 Å². The van der Waals surface area contributed by atoms with Crippen LogP contribution < -0.4 is 15.4 Å². The normalized spacial score (nSPS) is 15.9. The van der Waals surface area contributed by atoms with Crippen molar-refractivity contribution in [2.45, 2.75) is 64.0 Å². The quantitative estimate of drug-likeness (QED) is 0.459. The average molecular weight is 390 g/mol. The van der Waals surface area contributed by atoms with Gasteiger partial charge >= 0.3 is 0 Å². The number of unbranched alkanes of at least 4 members (excludes halogenated alkanes) is 2. The van der Waals surface area contributed by atoms with Gasteiger partial charge in [-0.25, -0.2) is 0 Å². The van der Waals surface area contributed by atoms with Gasteiger partial charge in [-0.15, -0.1) is 0 Å². The first kappa shape index (κ1) is 20.8. The van der Waals surface area contributed by atoms with Gasteiger partial charge in [0.2, 0.25) is 8.24 Å². The number of rotatable bonds is 8. The summed E-state index contributed by atoms with van der Waals surface area (Å²) in [5.41, 5.74) is 0.0138. The molecule has 0 amide bonds. The first-order valence-corrected chi connectivity index (χ1v) is 12.7. The van der Waals surface area contributed by atoms with Crippen molar-refractivity contribution in [1.29, 1.82) is 0 Å². The van der Waals surface area contributed by atoms with Crippen molar-refractivity contribution >= 4 is 18.6 Å². The molecule has 0 heterocycles. The second-order valence-corrected chi connectivity index (χ2v) is 12.9. The standard InChI is InChI=1S/C26H35NSi/c1-5-6-13-20-26(21-14-15-22-26)28(27-25(2,3)4,23-16-9-7-10-17-23)24-18-11-8-12-19-24/h7-12,14-19,21-22,27H,5-6,13,20H2,1-4H3. The lowest BCUT2D eigenvalue weighted by Gasteiger charge is -2.50. The Morgan fingerprint density at radius 3 is 1.71 bits per heavy atom. The van der Waals surface area contributed by atoms with Crippen molar-refractivity contribution in [2.24, 2.45) is 0 Å². The van der Waals surface area contributed by atoms with E-state index >= 15 is 0 Å². The van der Waals surface area contributed by atoms with Crippen molar-refractivity contribution in [2.75, 3.05) is 0 Å². The number of allylic oxidation sites excluding steroid dienone is 4. The molecule has 2 heteroatoms. The summed E-state index contributed by atoms with van der Waals surface area (Å²) in [6, 6.07) is 22.5. The predicted molar refractivity (Wildman–Crippen MR) is 126 cm³/mol. The molecule has 1 N–H and O–H groups in total. The van der Waals surface area contributed by atoms with Gasteiger partial charge in [0.05, 0.1) is 0 Å². The van der Waals surface area contributed by atoms with E-state index in [9.17, 15) is 0 Å². The Bertz CT molecular complexity index is 748. The lowest BCUT2D eigenvalue weighted by molar-refractivity contribution is 0.499. The second kappa shape index (κ2) is 8.63. The number of hydrogen-bond donors (Lipinski definition) is 1. The van der Waals surface area contributed by atoms with E-state index in [0.29, 0.717) is 0 Å². The van der Waals surface area contributed by atoms with Gasteiger partial charge in [0, 0.05) is 10.6 Å². The molecule has 0 bridgehead atoms. The van der Waals surface area contributed by atoms with E-state index in [1.54, 1.807) is 0 Å². The van der Waals surface area contributed by atoms with Gasteiger partial charge in [0.25, 0.3) is 0 Å². The molecule has 0 radical (unpaired) electrons. The van der Waals surface area contributed by atoms with Gasteiger partial charge in [0.15, 0.2) is 0 Å². The topological polar surface area (TPSA) is 12.0 Å². The van der Waals surface area contributed by atoms with Crippen molar-refractivity contribution in [3.05, 3.63) is 85.0 Å². The molecule has 0 saturated carbocycles. The Balaban J connectivity index is 2.28. The Morgan fingerprint density at radius 1 is 0.786 bits per heavy atom. The molecule has 0 saturated heterocycles. The molecule has 1 aliphatic rings. The van der Waals surface area contributed by atoms with Crippen LogP contribution in [0.4, 0.5) is 0 Å². The molecule has 28 heavy (non-hydrogen) atoms. The summed E-state index contributed by atoms with van der Waals surface area (Å²) in [7, 11) is -2.37. The van der Waals surface area contributed by atoms with E-state index < -0.39 is 8.24 Å². The van der Waals surface area contributed by atoms with Gasteiger partial charge < -0.3 is 4.98 Å². The molecule has 3 rings (SSSR count). The summed E-state index contributed by atoms with van der Waals surface area (Å²) < 4.78 is 0. The first-order valence-electron chi connectivity index (χ1n) is 10.7. The van der Waals surface area contributed by atoms with E-state index in [1.807, 2.05) is 0 Å². The van der Waals surface area contributed by atoms with Crippen molar-refractivity contribution in [1.82, 2.24) is 4.98 Å². The molecule has 0 aromatic heterocycles. The minimum Gasteiger partial charge on any atom is -0.325 e. The fourth-order valence-corrected chi connectivity index (χ4v) is 10.4. The van der Waals surface area contributed by atoms with Crippen molar-refractivity contribution in [3.63, 3.8) is 0 Å². The monoisotopic (exact) mass is 389 g/mol. The fourth-order valence-electron chi connectivity index (χ4n) is 4.69. The van der Waals surface area contributed by atoms with Crippen LogP contribution in [0.1, 0.15) is 53.4 Å². The number of benzene rings is 2. The maximum Gasteiger partial charge on any atom is 0.204 e. The zero-order valence-electron chi connectivity index (χ0n) is 17.9. The summed E-state index contributed by atoms with van der Waals surface area (Å²) in [6.45, 7) is 9.22. The molecule has 1 nitrogen and oxygen atoms in total. The molecule has 0 atom stereocenters. The van der Waals surface area contributed by atoms with E-state index in [0.717, 1.165) is 0 Å². The van der Waals surface area contributed by atoms with E-state index in [-0.39, 0.29) is 10.6 Å². The van der Waals surface area contributed by atoms with E-state index in [4.69, 9.17) is 0 Å². The molecular formula is C26H35NSi. The summed E-state index contributed by atoms with van der Waals surface area (Å²) in [5.74, 6) is 0. The van der Waals surface area contributed by atoms with Crippen molar-refractivity contribution < 1.29 is 0 Å². The van der Waals surface area contributed by atoms with Crippen LogP contribution in [0.5, 0.6) is 0 Å². The smallest absolute Gasteiger partial charge is 0.204 e. The highest BCUT2D eigenvalue weighted by molar-refractivity contribution is 7.03. The minimum absolute atomic E-state index is 0.0138. The van der Waals surface area contributed by atoms with Gasteiger partial charge in [-0.1, -0.05) is 111 Å². The average Bonchev–Trinajstić information content (AvgIpc) is 3.17. The molecule has 0 aliphatic heterocycles. The number of hydrogen-bond acceptors (Lipinski definition) is 1. The minimum atomic E-state index is -2.37. The summed E-state index contributed by atoms with van der Waals surface area (Å²) in [4.78, 5) is 4.25. The predicted octanol–water partition coefficient (Wildman–Crippen LogP) is 5.58. The fraction of sp³-hybridized carbons (Fsp3) is 0.385. The van der Waals surface area contributed by atoms with Gasteiger partial charge in [-0.2, -0.15) is 0 Å². The molecule has 0 unspecified atom stereocenters. The highest BCUT2D eigenvalue weighted by Gasteiger charge is 2.55. The third-order valence-corrected chi connectivity index (χ3v) is 11.3. The van der Waals surface area contributed by atoms with Crippen LogP contribution in [-0.4, -0.2) is 13.8 Å². The highest BCUT2D eigenvalue weighted by atomic mass is 28.3. The molecule has 2 aromatic rings.